The molecule has 120 valence electrons. The predicted octanol–water partition coefficient (Wildman–Crippen LogP) is 4.62. The van der Waals surface area contributed by atoms with Crippen molar-refractivity contribution in [2.24, 2.45) is 0 Å². The monoisotopic (exact) mass is 310 g/mol. The summed E-state index contributed by atoms with van der Waals surface area (Å²) in [7, 11) is 0. The van der Waals surface area contributed by atoms with Gasteiger partial charge >= 0.3 is 17.4 Å². The van der Waals surface area contributed by atoms with Crippen molar-refractivity contribution in [3.8, 4) is 0 Å². The van der Waals surface area contributed by atoms with E-state index < -0.39 is 5.97 Å². The molecule has 0 radical (unpaired) electrons. The second-order valence-corrected chi connectivity index (χ2v) is 6.07. The first-order valence-electron chi connectivity index (χ1n) is 8.97. The summed E-state index contributed by atoms with van der Waals surface area (Å²) in [6.45, 7) is 2.27. The number of unbranched alkanes of at least 4 members (excludes halogenated alkanes) is 14. The van der Waals surface area contributed by atoms with Crippen LogP contribution in [-0.4, -0.2) is 23.3 Å². The van der Waals surface area contributed by atoms with Crippen LogP contribution in [0.1, 0.15) is 110 Å². The van der Waals surface area contributed by atoms with Gasteiger partial charge in [0.05, 0.1) is 0 Å². The molecular formula is C18H35AlO2+2. The van der Waals surface area contributed by atoms with E-state index in [-0.39, 0.29) is 23.8 Å². The molecular weight excluding hydrogens is 275 g/mol. The molecule has 0 N–H and O–H groups in total. The molecule has 0 aliphatic carbocycles. The third-order valence-corrected chi connectivity index (χ3v) is 3.98. The van der Waals surface area contributed by atoms with Crippen LogP contribution in [0, 0.1) is 0 Å². The molecule has 21 heavy (non-hydrogen) atoms. The molecule has 0 aromatic carbocycles. The molecule has 0 rings (SSSR count). The van der Waals surface area contributed by atoms with Gasteiger partial charge < -0.3 is 9.90 Å². The Bertz CT molecular complexity index is 207. The van der Waals surface area contributed by atoms with E-state index in [9.17, 15) is 9.90 Å². The van der Waals surface area contributed by atoms with Crippen LogP contribution in [0.4, 0.5) is 0 Å². The maximum Gasteiger partial charge on any atom is 3.00 e. The first-order valence-corrected chi connectivity index (χ1v) is 8.97. The zero-order valence-electron chi connectivity index (χ0n) is 14.2. The summed E-state index contributed by atoms with van der Waals surface area (Å²) in [6.07, 6.45) is 19.9. The minimum absolute atomic E-state index is 0. The summed E-state index contributed by atoms with van der Waals surface area (Å²) >= 11 is 0. The van der Waals surface area contributed by atoms with E-state index in [4.69, 9.17) is 0 Å². The van der Waals surface area contributed by atoms with Crippen LogP contribution >= 0.6 is 0 Å². The summed E-state index contributed by atoms with van der Waals surface area (Å²) in [6, 6.07) is 0. The molecule has 0 saturated heterocycles. The van der Waals surface area contributed by atoms with E-state index in [0.717, 1.165) is 12.8 Å². The Morgan fingerprint density at radius 1 is 0.619 bits per heavy atom. The second kappa shape index (κ2) is 20.0. The summed E-state index contributed by atoms with van der Waals surface area (Å²) in [4.78, 5) is 10.2. The Morgan fingerprint density at radius 2 is 0.905 bits per heavy atom. The average molecular weight is 310 g/mol. The third-order valence-electron chi connectivity index (χ3n) is 3.98. The van der Waals surface area contributed by atoms with Gasteiger partial charge in [0.25, 0.3) is 0 Å². The fraction of sp³-hybridized carbons (Fsp3) is 0.944. The molecule has 0 fully saturated rings. The molecule has 3 heteroatoms. The molecule has 0 aromatic rings. The first kappa shape index (κ1) is 23.3. The Labute approximate surface area is 143 Å². The van der Waals surface area contributed by atoms with Gasteiger partial charge in [0.1, 0.15) is 0 Å². The van der Waals surface area contributed by atoms with Gasteiger partial charge in [0.15, 0.2) is 0 Å². The zero-order chi connectivity index (χ0) is 14.9. The van der Waals surface area contributed by atoms with Crippen molar-refractivity contribution >= 4 is 23.3 Å². The summed E-state index contributed by atoms with van der Waals surface area (Å²) in [5.41, 5.74) is 0. The van der Waals surface area contributed by atoms with Gasteiger partial charge in [-0.1, -0.05) is 96.8 Å². The molecule has 0 unspecified atom stereocenters. The minimum atomic E-state index is -0.903. The van der Waals surface area contributed by atoms with Crippen molar-refractivity contribution in [1.82, 2.24) is 0 Å². The van der Waals surface area contributed by atoms with Crippen LogP contribution in [0.15, 0.2) is 0 Å². The smallest absolute Gasteiger partial charge is 0.550 e. The molecule has 0 spiro atoms. The van der Waals surface area contributed by atoms with Crippen molar-refractivity contribution in [2.75, 3.05) is 0 Å². The van der Waals surface area contributed by atoms with Gasteiger partial charge in [-0.05, 0) is 12.8 Å². The van der Waals surface area contributed by atoms with Crippen LogP contribution in [0.25, 0.3) is 0 Å². The van der Waals surface area contributed by atoms with Gasteiger partial charge in [0.2, 0.25) is 0 Å². The predicted molar refractivity (Wildman–Crippen MR) is 90.3 cm³/mol. The van der Waals surface area contributed by atoms with Crippen LogP contribution in [0.5, 0.6) is 0 Å². The number of carboxylic acid groups (broad SMARTS) is 1. The molecule has 0 heterocycles. The number of carboxylic acids is 1. The average Bonchev–Trinajstić information content (AvgIpc) is 2.43. The van der Waals surface area contributed by atoms with E-state index >= 15 is 0 Å². The molecule has 0 aromatic heterocycles. The van der Waals surface area contributed by atoms with E-state index in [2.05, 4.69) is 6.92 Å². The molecule has 2 nitrogen and oxygen atoms in total. The molecule has 0 bridgehead atoms. The van der Waals surface area contributed by atoms with Gasteiger partial charge in [-0.25, -0.2) is 0 Å². The Morgan fingerprint density at radius 3 is 1.19 bits per heavy atom. The summed E-state index contributed by atoms with van der Waals surface area (Å²) in [5.74, 6) is -0.903. The topological polar surface area (TPSA) is 40.1 Å². The van der Waals surface area contributed by atoms with E-state index in [1.807, 2.05) is 0 Å². The van der Waals surface area contributed by atoms with Crippen molar-refractivity contribution in [3.63, 3.8) is 0 Å². The molecule has 0 atom stereocenters. The second-order valence-electron chi connectivity index (χ2n) is 6.07. The van der Waals surface area contributed by atoms with Gasteiger partial charge in [-0.15, -0.1) is 0 Å². The minimum Gasteiger partial charge on any atom is -0.550 e. The van der Waals surface area contributed by atoms with Crippen molar-refractivity contribution in [2.45, 2.75) is 110 Å². The van der Waals surface area contributed by atoms with Gasteiger partial charge in [0, 0.05) is 5.97 Å². The van der Waals surface area contributed by atoms with Gasteiger partial charge in [-0.2, -0.15) is 0 Å². The Kier molecular flexibility index (Phi) is 22.2. The maximum atomic E-state index is 10.2. The van der Waals surface area contributed by atoms with E-state index in [0.29, 0.717) is 0 Å². The summed E-state index contributed by atoms with van der Waals surface area (Å²) < 4.78 is 0. The van der Waals surface area contributed by atoms with Crippen LogP contribution in [0.2, 0.25) is 0 Å². The quantitative estimate of drug-likeness (QED) is 0.308. The molecule has 0 aliphatic heterocycles. The number of aliphatic carboxylic acids is 1. The zero-order valence-corrected chi connectivity index (χ0v) is 15.4. The standard InChI is InChI=1S/C18H36O2.Al/c1-2-3-4-5-6-7-8-9-10-11-12-13-14-15-16-17-18(19)20;/h2-17H2,1H3,(H,19,20);/q;+3/p-1. The Balaban J connectivity index is 0. The number of rotatable bonds is 16. The van der Waals surface area contributed by atoms with Crippen molar-refractivity contribution < 1.29 is 9.90 Å². The van der Waals surface area contributed by atoms with Crippen LogP contribution in [-0.2, 0) is 4.79 Å². The number of carbonyl (C=O) groups is 1. The molecule has 0 saturated carbocycles. The fourth-order valence-electron chi connectivity index (χ4n) is 2.64. The number of carbonyl (C=O) groups excluding carboxylic acids is 1. The fourth-order valence-corrected chi connectivity index (χ4v) is 2.64. The summed E-state index contributed by atoms with van der Waals surface area (Å²) in [5, 5.41) is 10.2. The van der Waals surface area contributed by atoms with Crippen LogP contribution in [0.3, 0.4) is 0 Å². The number of hydrogen-bond donors (Lipinski definition) is 0. The largest absolute Gasteiger partial charge is 3.00 e. The van der Waals surface area contributed by atoms with Crippen molar-refractivity contribution in [1.29, 1.82) is 0 Å². The molecule has 0 amide bonds. The number of hydrogen-bond acceptors (Lipinski definition) is 2. The van der Waals surface area contributed by atoms with Gasteiger partial charge in [-0.3, -0.25) is 0 Å². The molecule has 0 aliphatic rings. The van der Waals surface area contributed by atoms with Crippen LogP contribution < -0.4 is 5.11 Å². The normalized spacial score (nSPS) is 10.3. The maximum absolute atomic E-state index is 10.2. The SMILES string of the molecule is CCCCCCCCCCCCCCCCCC(=O)[O-].[Al+3]. The third kappa shape index (κ3) is 22.4. The van der Waals surface area contributed by atoms with Crippen molar-refractivity contribution in [3.05, 3.63) is 0 Å². The Hall–Kier alpha value is 0.00247. The van der Waals surface area contributed by atoms with E-state index in [1.165, 1.54) is 83.5 Å². The first-order chi connectivity index (χ1) is 9.77. The van der Waals surface area contributed by atoms with E-state index in [1.54, 1.807) is 0 Å².